The van der Waals surface area contributed by atoms with Crippen molar-refractivity contribution in [3.05, 3.63) is 82.8 Å². The smallest absolute Gasteiger partial charge is 0.207 e. The van der Waals surface area contributed by atoms with Gasteiger partial charge in [0.05, 0.1) is 5.69 Å². The molecule has 0 aliphatic carbocycles. The molecule has 0 spiro atoms. The van der Waals surface area contributed by atoms with Gasteiger partial charge in [-0.25, -0.2) is 4.57 Å². The number of aromatic nitrogens is 1. The van der Waals surface area contributed by atoms with E-state index >= 15 is 0 Å². The predicted molar refractivity (Wildman–Crippen MR) is 111 cm³/mol. The summed E-state index contributed by atoms with van der Waals surface area (Å²) < 4.78 is 2.19. The maximum absolute atomic E-state index is 2.43. The number of aryl methyl sites for hydroxylation is 3. The highest BCUT2D eigenvalue weighted by Gasteiger charge is 2.21. The van der Waals surface area contributed by atoms with Crippen LogP contribution in [0.25, 0.3) is 22.9 Å². The fourth-order valence-corrected chi connectivity index (χ4v) is 3.92. The molecule has 0 N–H and O–H groups in total. The number of rotatable bonds is 2. The second-order valence-electron chi connectivity index (χ2n) is 7.07. The first kappa shape index (κ1) is 19.6. The minimum Gasteiger partial charge on any atom is -1.00 e. The molecule has 0 amide bonds. The number of anilines is 1. The van der Waals surface area contributed by atoms with E-state index in [4.69, 9.17) is 0 Å². The van der Waals surface area contributed by atoms with E-state index in [2.05, 4.69) is 104 Å². The van der Waals surface area contributed by atoms with Gasteiger partial charge in [-0.05, 0) is 55.5 Å². The second kappa shape index (κ2) is 7.85. The topological polar surface area (TPSA) is 7.12 Å². The van der Waals surface area contributed by atoms with Crippen molar-refractivity contribution in [2.45, 2.75) is 20.8 Å². The number of halogens is 1. The van der Waals surface area contributed by atoms with Gasteiger partial charge < -0.3 is 28.9 Å². The molecule has 0 bridgehead atoms. The SMILES string of the molecule is CCN1/C(=C/c2ccc(C)c[n+]2C)C=Cc2cc(C)c3ccccc3c21.[I-]. The Balaban J connectivity index is 0.00000210. The van der Waals surface area contributed by atoms with Gasteiger partial charge in [-0.3, -0.25) is 0 Å². The lowest BCUT2D eigenvalue weighted by Crippen LogP contribution is -3.00. The van der Waals surface area contributed by atoms with Crippen LogP contribution in [0.4, 0.5) is 5.69 Å². The monoisotopic (exact) mass is 468 g/mol. The molecular weight excluding hydrogens is 443 g/mol. The number of hydrogen-bond acceptors (Lipinski definition) is 1. The number of likely N-dealkylation sites (N-methyl/N-ethyl adjacent to an activating group) is 1. The summed E-state index contributed by atoms with van der Waals surface area (Å²) in [6.45, 7) is 7.48. The Morgan fingerprint density at radius 2 is 1.74 bits per heavy atom. The molecule has 0 radical (unpaired) electrons. The Kier molecular flexibility index (Phi) is 5.70. The van der Waals surface area contributed by atoms with Gasteiger partial charge in [0.1, 0.15) is 7.05 Å². The summed E-state index contributed by atoms with van der Waals surface area (Å²) in [5.74, 6) is 0. The van der Waals surface area contributed by atoms with Crippen LogP contribution in [0.3, 0.4) is 0 Å². The number of pyridine rings is 1. The molecule has 0 unspecified atom stereocenters. The largest absolute Gasteiger partial charge is 1.00 e. The average molecular weight is 468 g/mol. The van der Waals surface area contributed by atoms with Crippen LogP contribution in [0.15, 0.2) is 60.4 Å². The number of allylic oxidation sites excluding steroid dienone is 1. The maximum atomic E-state index is 2.43. The first-order valence-corrected chi connectivity index (χ1v) is 9.24. The first-order chi connectivity index (χ1) is 12.6. The zero-order valence-corrected chi connectivity index (χ0v) is 18.5. The minimum atomic E-state index is 0. The minimum absolute atomic E-state index is 0. The van der Waals surface area contributed by atoms with Crippen LogP contribution in [0, 0.1) is 13.8 Å². The van der Waals surface area contributed by atoms with E-state index in [0.29, 0.717) is 0 Å². The third-order valence-corrected chi connectivity index (χ3v) is 5.20. The zero-order valence-electron chi connectivity index (χ0n) is 16.3. The maximum Gasteiger partial charge on any atom is 0.207 e. The highest BCUT2D eigenvalue weighted by atomic mass is 127. The molecule has 2 aromatic carbocycles. The van der Waals surface area contributed by atoms with Crippen LogP contribution in [0.1, 0.15) is 29.3 Å². The Bertz CT molecular complexity index is 1060. The van der Waals surface area contributed by atoms with Crippen LogP contribution >= 0.6 is 0 Å². The molecule has 4 rings (SSSR count). The van der Waals surface area contributed by atoms with Crippen molar-refractivity contribution < 1.29 is 28.5 Å². The van der Waals surface area contributed by atoms with Gasteiger partial charge in [0, 0.05) is 35.3 Å². The lowest BCUT2D eigenvalue weighted by molar-refractivity contribution is -0.673. The quantitative estimate of drug-likeness (QED) is 0.413. The van der Waals surface area contributed by atoms with Gasteiger partial charge in [0.2, 0.25) is 5.69 Å². The van der Waals surface area contributed by atoms with E-state index in [-0.39, 0.29) is 24.0 Å². The van der Waals surface area contributed by atoms with Crippen molar-refractivity contribution in [2.75, 3.05) is 11.4 Å². The highest BCUT2D eigenvalue weighted by Crippen LogP contribution is 2.39. The van der Waals surface area contributed by atoms with Crippen molar-refractivity contribution in [3.8, 4) is 0 Å². The Morgan fingerprint density at radius 1 is 1.00 bits per heavy atom. The van der Waals surface area contributed by atoms with Gasteiger partial charge in [-0.1, -0.05) is 30.3 Å². The van der Waals surface area contributed by atoms with E-state index in [1.54, 1.807) is 0 Å². The van der Waals surface area contributed by atoms with Gasteiger partial charge >= 0.3 is 0 Å². The lowest BCUT2D eigenvalue weighted by atomic mass is 9.95. The summed E-state index contributed by atoms with van der Waals surface area (Å²) in [7, 11) is 2.11. The van der Waals surface area contributed by atoms with E-state index in [0.717, 1.165) is 6.54 Å². The molecule has 2 heterocycles. The molecule has 1 aliphatic rings. The summed E-state index contributed by atoms with van der Waals surface area (Å²) >= 11 is 0. The first-order valence-electron chi connectivity index (χ1n) is 9.24. The second-order valence-corrected chi connectivity index (χ2v) is 7.07. The third kappa shape index (κ3) is 3.53. The number of benzene rings is 2. The Labute approximate surface area is 178 Å². The van der Waals surface area contributed by atoms with Crippen molar-refractivity contribution in [1.29, 1.82) is 0 Å². The number of nitrogens with zero attached hydrogens (tertiary/aromatic N) is 2. The Morgan fingerprint density at radius 3 is 2.44 bits per heavy atom. The van der Waals surface area contributed by atoms with Crippen molar-refractivity contribution in [3.63, 3.8) is 0 Å². The molecule has 1 aromatic heterocycles. The van der Waals surface area contributed by atoms with Crippen LogP contribution < -0.4 is 33.4 Å². The molecule has 0 saturated heterocycles. The predicted octanol–water partition coefficient (Wildman–Crippen LogP) is 2.18. The fraction of sp³-hybridized carbons (Fsp3) is 0.208. The van der Waals surface area contributed by atoms with Crippen molar-refractivity contribution in [1.82, 2.24) is 0 Å². The van der Waals surface area contributed by atoms with Gasteiger partial charge in [-0.15, -0.1) is 0 Å². The van der Waals surface area contributed by atoms with Crippen LogP contribution in [-0.4, -0.2) is 6.54 Å². The van der Waals surface area contributed by atoms with E-state index in [9.17, 15) is 0 Å². The molecule has 0 fully saturated rings. The van der Waals surface area contributed by atoms with Crippen molar-refractivity contribution in [2.24, 2.45) is 7.05 Å². The molecule has 1 aliphatic heterocycles. The third-order valence-electron chi connectivity index (χ3n) is 5.20. The molecule has 3 heteroatoms. The molecule has 0 atom stereocenters. The van der Waals surface area contributed by atoms with Crippen LogP contribution in [0.2, 0.25) is 0 Å². The standard InChI is InChI=1S/C24H25N2.HI/c1-5-26-21(15-20-12-10-17(2)16-25(20)4)13-11-19-14-18(3)22-8-6-7-9-23(22)24(19)26;/h6-16H,5H2,1-4H3;1H/q+1;/p-1. The summed E-state index contributed by atoms with van der Waals surface area (Å²) in [5, 5.41) is 2.66. The van der Waals surface area contributed by atoms with Gasteiger partial charge in [-0.2, -0.15) is 0 Å². The molecule has 3 aromatic rings. The molecule has 138 valence electrons. The van der Waals surface area contributed by atoms with E-state index < -0.39 is 0 Å². The molecule has 27 heavy (non-hydrogen) atoms. The Hall–Kier alpha value is -2.14. The summed E-state index contributed by atoms with van der Waals surface area (Å²) in [6.07, 6.45) is 8.93. The lowest BCUT2D eigenvalue weighted by Gasteiger charge is -2.31. The molecule has 0 saturated carbocycles. The number of fused-ring (bicyclic) bond motifs is 3. The van der Waals surface area contributed by atoms with Gasteiger partial charge in [0.25, 0.3) is 0 Å². The normalized spacial score (nSPS) is 14.4. The summed E-state index contributed by atoms with van der Waals surface area (Å²) in [6, 6.07) is 15.4. The van der Waals surface area contributed by atoms with E-state index in [1.807, 2.05) is 0 Å². The average Bonchev–Trinajstić information content (AvgIpc) is 2.64. The van der Waals surface area contributed by atoms with E-state index in [1.165, 1.54) is 44.5 Å². The van der Waals surface area contributed by atoms with Crippen LogP contribution in [-0.2, 0) is 7.05 Å². The van der Waals surface area contributed by atoms with Crippen molar-refractivity contribution >= 4 is 28.6 Å². The van der Waals surface area contributed by atoms with Gasteiger partial charge in [0.15, 0.2) is 6.20 Å². The number of hydrogen-bond donors (Lipinski definition) is 0. The fourth-order valence-electron chi connectivity index (χ4n) is 3.92. The highest BCUT2D eigenvalue weighted by molar-refractivity contribution is 6.02. The molecule has 2 nitrogen and oxygen atoms in total. The van der Waals surface area contributed by atoms with Crippen LogP contribution in [0.5, 0.6) is 0 Å². The zero-order chi connectivity index (χ0) is 18.3. The molecular formula is C24H25IN2. The summed E-state index contributed by atoms with van der Waals surface area (Å²) in [5.41, 5.74) is 7.65. The summed E-state index contributed by atoms with van der Waals surface area (Å²) in [4.78, 5) is 2.43.